The molecule has 0 aliphatic carbocycles. The van der Waals surface area contributed by atoms with Crippen LogP contribution in [0.2, 0.25) is 0 Å². The summed E-state index contributed by atoms with van der Waals surface area (Å²) < 4.78 is 11.6. The molecule has 0 amide bonds. The number of nitrogens with zero attached hydrogens (tertiary/aromatic N) is 1. The molecule has 0 saturated heterocycles. The first kappa shape index (κ1) is 12.3. The van der Waals surface area contributed by atoms with Gasteiger partial charge in [0.2, 0.25) is 0 Å². The third-order valence-electron chi connectivity index (χ3n) is 2.06. The number of pyridine rings is 1. The van der Waals surface area contributed by atoms with E-state index in [-0.39, 0.29) is 6.04 Å². The van der Waals surface area contributed by atoms with Crippen LogP contribution in [-0.2, 0) is 16.6 Å². The minimum absolute atomic E-state index is 0.124. The average molecular weight is 226 g/mol. The molecule has 2 unspecified atom stereocenters. The van der Waals surface area contributed by atoms with Gasteiger partial charge in [0, 0.05) is 28.3 Å². The van der Waals surface area contributed by atoms with Gasteiger partial charge < -0.3 is 5.73 Å². The van der Waals surface area contributed by atoms with E-state index in [2.05, 4.69) is 4.98 Å². The Kier molecular flexibility index (Phi) is 4.91. The molecule has 0 aliphatic heterocycles. The Hall–Kier alpha value is -0.740. The summed E-state index contributed by atoms with van der Waals surface area (Å²) in [6, 6.07) is 5.92. The van der Waals surface area contributed by atoms with Crippen molar-refractivity contribution in [2.75, 3.05) is 5.75 Å². The van der Waals surface area contributed by atoms with Gasteiger partial charge in [0.25, 0.3) is 0 Å². The molecule has 2 atom stereocenters. The molecule has 0 fully saturated rings. The molecule has 0 bridgehead atoms. The van der Waals surface area contributed by atoms with Crippen LogP contribution >= 0.6 is 0 Å². The van der Waals surface area contributed by atoms with Gasteiger partial charge in [-0.3, -0.25) is 9.19 Å². The fraction of sp³-hybridized carbons (Fsp3) is 0.545. The zero-order chi connectivity index (χ0) is 11.3. The van der Waals surface area contributed by atoms with Crippen LogP contribution in [0, 0.1) is 6.92 Å². The Morgan fingerprint density at radius 1 is 1.53 bits per heavy atom. The molecule has 1 aromatic rings. The summed E-state index contributed by atoms with van der Waals surface area (Å²) in [5, 5.41) is 0. The number of hydrogen-bond acceptors (Lipinski definition) is 3. The molecule has 0 aliphatic rings. The van der Waals surface area contributed by atoms with Gasteiger partial charge in [-0.2, -0.15) is 0 Å². The van der Waals surface area contributed by atoms with Gasteiger partial charge in [0.1, 0.15) is 0 Å². The Bertz CT molecular complexity index is 339. The van der Waals surface area contributed by atoms with Crippen molar-refractivity contribution in [3.8, 4) is 0 Å². The molecule has 0 spiro atoms. The largest absolute Gasteiger partial charge is 0.328 e. The van der Waals surface area contributed by atoms with Gasteiger partial charge in [0.05, 0.1) is 11.4 Å². The summed E-state index contributed by atoms with van der Waals surface area (Å²) in [6.45, 7) is 3.87. The summed E-state index contributed by atoms with van der Waals surface area (Å²) >= 11 is 0. The highest BCUT2D eigenvalue weighted by molar-refractivity contribution is 7.84. The van der Waals surface area contributed by atoms with Crippen LogP contribution in [0.3, 0.4) is 0 Å². The van der Waals surface area contributed by atoms with Gasteiger partial charge in [0.15, 0.2) is 0 Å². The molecule has 84 valence electrons. The van der Waals surface area contributed by atoms with Crippen LogP contribution < -0.4 is 5.73 Å². The first-order chi connectivity index (χ1) is 7.08. The summed E-state index contributed by atoms with van der Waals surface area (Å²) in [7, 11) is -0.842. The minimum atomic E-state index is -0.842. The molecule has 0 radical (unpaired) electrons. The summed E-state index contributed by atoms with van der Waals surface area (Å²) in [5.41, 5.74) is 7.48. The molecule has 0 aromatic carbocycles. The SMILES string of the molecule is Cc1cccc(CS(=O)CCC(C)N)n1. The fourth-order valence-corrected chi connectivity index (χ4v) is 2.50. The van der Waals surface area contributed by atoms with E-state index < -0.39 is 10.8 Å². The Morgan fingerprint density at radius 3 is 2.87 bits per heavy atom. The van der Waals surface area contributed by atoms with E-state index >= 15 is 0 Å². The summed E-state index contributed by atoms with van der Waals surface area (Å²) in [4.78, 5) is 4.32. The third-order valence-corrected chi connectivity index (χ3v) is 3.36. The molecule has 0 saturated carbocycles. The van der Waals surface area contributed by atoms with E-state index in [4.69, 9.17) is 5.73 Å². The standard InChI is InChI=1S/C11H18N2OS/c1-9(12)6-7-15(14)8-11-5-3-4-10(2)13-11/h3-5,9H,6-8,12H2,1-2H3. The van der Waals surface area contributed by atoms with Crippen molar-refractivity contribution < 1.29 is 4.21 Å². The van der Waals surface area contributed by atoms with Crippen LogP contribution in [0.15, 0.2) is 18.2 Å². The minimum Gasteiger partial charge on any atom is -0.328 e. The van der Waals surface area contributed by atoms with Crippen molar-refractivity contribution in [3.05, 3.63) is 29.6 Å². The predicted molar refractivity (Wildman–Crippen MR) is 64.0 cm³/mol. The van der Waals surface area contributed by atoms with Gasteiger partial charge >= 0.3 is 0 Å². The number of aryl methyl sites for hydroxylation is 1. The highest BCUT2D eigenvalue weighted by atomic mass is 32.2. The lowest BCUT2D eigenvalue weighted by molar-refractivity contribution is 0.667. The second-order valence-corrected chi connectivity index (χ2v) is 5.40. The molecule has 3 nitrogen and oxygen atoms in total. The van der Waals surface area contributed by atoms with E-state index in [0.717, 1.165) is 17.8 Å². The smallest absolute Gasteiger partial charge is 0.0658 e. The average Bonchev–Trinajstić information content (AvgIpc) is 2.15. The highest BCUT2D eigenvalue weighted by Gasteiger charge is 2.04. The lowest BCUT2D eigenvalue weighted by atomic mass is 10.3. The van der Waals surface area contributed by atoms with Crippen LogP contribution in [0.4, 0.5) is 0 Å². The van der Waals surface area contributed by atoms with E-state index in [1.54, 1.807) is 0 Å². The molecular formula is C11H18N2OS. The quantitative estimate of drug-likeness (QED) is 0.825. The van der Waals surface area contributed by atoms with Gasteiger partial charge in [-0.25, -0.2) is 0 Å². The number of rotatable bonds is 5. The zero-order valence-electron chi connectivity index (χ0n) is 9.27. The second-order valence-electron chi connectivity index (χ2n) is 3.82. The number of hydrogen-bond donors (Lipinski definition) is 1. The Morgan fingerprint density at radius 2 is 2.27 bits per heavy atom. The maximum Gasteiger partial charge on any atom is 0.0658 e. The van der Waals surface area contributed by atoms with Gasteiger partial charge in [-0.1, -0.05) is 6.07 Å². The monoisotopic (exact) mass is 226 g/mol. The summed E-state index contributed by atoms with van der Waals surface area (Å²) in [5.74, 6) is 1.20. The van der Waals surface area contributed by atoms with Crippen molar-refractivity contribution in [1.29, 1.82) is 0 Å². The summed E-state index contributed by atoms with van der Waals surface area (Å²) in [6.07, 6.45) is 0.804. The lowest BCUT2D eigenvalue weighted by Gasteiger charge is -2.05. The fourth-order valence-electron chi connectivity index (χ4n) is 1.23. The molecular weight excluding hydrogens is 208 g/mol. The second kappa shape index (κ2) is 5.98. The van der Waals surface area contributed by atoms with Crippen molar-refractivity contribution >= 4 is 10.8 Å². The molecule has 1 rings (SSSR count). The highest BCUT2D eigenvalue weighted by Crippen LogP contribution is 2.03. The predicted octanol–water partition coefficient (Wildman–Crippen LogP) is 1.38. The van der Waals surface area contributed by atoms with Crippen LogP contribution in [0.25, 0.3) is 0 Å². The first-order valence-electron chi connectivity index (χ1n) is 5.11. The number of aromatic nitrogens is 1. The maximum atomic E-state index is 11.6. The number of nitrogens with two attached hydrogens (primary N) is 1. The lowest BCUT2D eigenvalue weighted by Crippen LogP contribution is -2.18. The normalized spacial score (nSPS) is 14.9. The van der Waals surface area contributed by atoms with E-state index in [9.17, 15) is 4.21 Å². The topological polar surface area (TPSA) is 56.0 Å². The first-order valence-corrected chi connectivity index (χ1v) is 6.60. The van der Waals surface area contributed by atoms with Crippen LogP contribution in [-0.4, -0.2) is 21.0 Å². The maximum absolute atomic E-state index is 11.6. The third kappa shape index (κ3) is 5.04. The molecule has 1 heterocycles. The van der Waals surface area contributed by atoms with Crippen LogP contribution in [0.5, 0.6) is 0 Å². The van der Waals surface area contributed by atoms with Gasteiger partial charge in [-0.15, -0.1) is 0 Å². The van der Waals surface area contributed by atoms with Gasteiger partial charge in [-0.05, 0) is 32.4 Å². The Labute approximate surface area is 93.6 Å². The molecule has 4 heteroatoms. The molecule has 1 aromatic heterocycles. The van der Waals surface area contributed by atoms with Crippen molar-refractivity contribution in [3.63, 3.8) is 0 Å². The van der Waals surface area contributed by atoms with Crippen molar-refractivity contribution in [1.82, 2.24) is 4.98 Å². The van der Waals surface area contributed by atoms with E-state index in [1.807, 2.05) is 32.0 Å². The zero-order valence-corrected chi connectivity index (χ0v) is 10.1. The molecule has 15 heavy (non-hydrogen) atoms. The van der Waals surface area contributed by atoms with E-state index in [0.29, 0.717) is 11.5 Å². The van der Waals surface area contributed by atoms with Crippen LogP contribution in [0.1, 0.15) is 24.7 Å². The van der Waals surface area contributed by atoms with E-state index in [1.165, 1.54) is 0 Å². The molecule has 2 N–H and O–H groups in total. The van der Waals surface area contributed by atoms with Crippen molar-refractivity contribution in [2.45, 2.75) is 32.1 Å². The van der Waals surface area contributed by atoms with Crippen molar-refractivity contribution in [2.24, 2.45) is 5.73 Å². The Balaban J connectivity index is 2.44.